The van der Waals surface area contributed by atoms with Gasteiger partial charge in [0.15, 0.2) is 11.5 Å². The van der Waals surface area contributed by atoms with E-state index in [1.165, 1.54) is 26.2 Å². The molecular weight excluding hydrogens is 420 g/mol. The highest BCUT2D eigenvalue weighted by atomic mass is 32.2. The molecule has 0 atom stereocenters. The first kappa shape index (κ1) is 21.5. The highest BCUT2D eigenvalue weighted by Crippen LogP contribution is 2.36. The molecule has 0 saturated heterocycles. The molecule has 2 aliphatic rings. The van der Waals surface area contributed by atoms with Crippen molar-refractivity contribution in [3.8, 4) is 17.2 Å². The zero-order chi connectivity index (χ0) is 22.0. The minimum atomic E-state index is -3.81. The van der Waals surface area contributed by atoms with Gasteiger partial charge in [-0.3, -0.25) is 4.79 Å². The van der Waals surface area contributed by atoms with E-state index in [0.29, 0.717) is 22.9 Å². The van der Waals surface area contributed by atoms with Gasteiger partial charge < -0.3 is 19.5 Å². The fourth-order valence-electron chi connectivity index (χ4n) is 4.08. The Morgan fingerprint density at radius 1 is 1.13 bits per heavy atom. The van der Waals surface area contributed by atoms with Gasteiger partial charge in [-0.15, -0.1) is 0 Å². The largest absolute Gasteiger partial charge is 0.495 e. The van der Waals surface area contributed by atoms with Crippen molar-refractivity contribution in [1.29, 1.82) is 0 Å². The van der Waals surface area contributed by atoms with Crippen molar-refractivity contribution in [2.24, 2.45) is 0 Å². The number of nitrogens with one attached hydrogen (secondary N) is 1. The molecule has 4 rings (SSSR count). The average Bonchev–Trinajstić information content (AvgIpc) is 3.43. The third kappa shape index (κ3) is 4.47. The molecule has 0 bridgehead atoms. The predicted molar refractivity (Wildman–Crippen MR) is 115 cm³/mol. The molecule has 31 heavy (non-hydrogen) atoms. The maximum absolute atomic E-state index is 13.7. The Kier molecular flexibility index (Phi) is 6.06. The number of carbonyl (C=O) groups is 1. The molecule has 2 aromatic rings. The van der Waals surface area contributed by atoms with E-state index in [1.54, 1.807) is 10.4 Å². The predicted octanol–water partition coefficient (Wildman–Crippen LogP) is 3.52. The zero-order valence-corrected chi connectivity index (χ0v) is 18.4. The Bertz CT molecular complexity index is 1080. The van der Waals surface area contributed by atoms with Gasteiger partial charge in [0.05, 0.1) is 17.7 Å². The Hall–Kier alpha value is -2.78. The number of fused-ring (bicyclic) bond motifs is 1. The van der Waals surface area contributed by atoms with Crippen LogP contribution in [0.1, 0.15) is 38.2 Å². The third-order valence-corrected chi connectivity index (χ3v) is 7.49. The van der Waals surface area contributed by atoms with Gasteiger partial charge in [0, 0.05) is 25.6 Å². The smallest absolute Gasteiger partial charge is 0.243 e. The summed E-state index contributed by atoms with van der Waals surface area (Å²) >= 11 is 0. The Morgan fingerprint density at radius 3 is 2.58 bits per heavy atom. The number of amides is 1. The van der Waals surface area contributed by atoms with E-state index in [9.17, 15) is 13.2 Å². The summed E-state index contributed by atoms with van der Waals surface area (Å²) < 4.78 is 45.1. The van der Waals surface area contributed by atoms with Crippen LogP contribution in [-0.4, -0.2) is 38.6 Å². The summed E-state index contributed by atoms with van der Waals surface area (Å²) in [6.45, 7) is 1.79. The maximum atomic E-state index is 13.7. The van der Waals surface area contributed by atoms with Crippen LogP contribution in [0.3, 0.4) is 0 Å². The molecule has 0 radical (unpaired) electrons. The first-order valence-electron chi connectivity index (χ1n) is 10.2. The van der Waals surface area contributed by atoms with Gasteiger partial charge in [0.1, 0.15) is 5.75 Å². The maximum Gasteiger partial charge on any atom is 0.243 e. The zero-order valence-electron chi connectivity index (χ0n) is 17.6. The molecule has 166 valence electrons. The quantitative estimate of drug-likeness (QED) is 0.699. The van der Waals surface area contributed by atoms with Crippen LogP contribution in [0.4, 0.5) is 5.69 Å². The molecule has 0 aromatic heterocycles. The van der Waals surface area contributed by atoms with E-state index in [1.807, 2.05) is 18.2 Å². The van der Waals surface area contributed by atoms with Crippen LogP contribution >= 0.6 is 0 Å². The molecule has 8 nitrogen and oxygen atoms in total. The van der Waals surface area contributed by atoms with Crippen LogP contribution in [0.15, 0.2) is 41.3 Å². The molecule has 9 heteroatoms. The summed E-state index contributed by atoms with van der Waals surface area (Å²) in [7, 11) is -2.36. The molecule has 1 amide bonds. The number of methoxy groups -OCH3 is 1. The number of rotatable bonds is 7. The van der Waals surface area contributed by atoms with Crippen molar-refractivity contribution < 1.29 is 27.4 Å². The van der Waals surface area contributed by atoms with E-state index in [2.05, 4.69) is 5.32 Å². The molecule has 0 spiro atoms. The van der Waals surface area contributed by atoms with Gasteiger partial charge in [0.25, 0.3) is 0 Å². The average molecular weight is 447 g/mol. The van der Waals surface area contributed by atoms with Gasteiger partial charge in [-0.05, 0) is 42.7 Å². The van der Waals surface area contributed by atoms with E-state index in [0.717, 1.165) is 31.2 Å². The van der Waals surface area contributed by atoms with Crippen molar-refractivity contribution in [1.82, 2.24) is 4.31 Å². The summed E-state index contributed by atoms with van der Waals surface area (Å²) in [5.74, 6) is 1.33. The van der Waals surface area contributed by atoms with Gasteiger partial charge >= 0.3 is 0 Å². The second-order valence-electron chi connectivity index (χ2n) is 7.72. The van der Waals surface area contributed by atoms with Crippen LogP contribution in [0.25, 0.3) is 0 Å². The van der Waals surface area contributed by atoms with Crippen molar-refractivity contribution in [3.05, 3.63) is 42.0 Å². The monoisotopic (exact) mass is 446 g/mol. The van der Waals surface area contributed by atoms with Crippen LogP contribution < -0.4 is 19.5 Å². The minimum Gasteiger partial charge on any atom is -0.495 e. The molecule has 0 unspecified atom stereocenters. The normalized spacial score (nSPS) is 16.0. The molecule has 1 aliphatic carbocycles. The first-order valence-corrected chi connectivity index (χ1v) is 11.7. The molecule has 1 fully saturated rings. The second-order valence-corrected chi connectivity index (χ2v) is 9.61. The van der Waals surface area contributed by atoms with Crippen LogP contribution in [-0.2, 0) is 21.4 Å². The van der Waals surface area contributed by atoms with Crippen LogP contribution in [0.2, 0.25) is 0 Å². The van der Waals surface area contributed by atoms with Crippen molar-refractivity contribution >= 4 is 21.6 Å². The summed E-state index contributed by atoms with van der Waals surface area (Å²) in [6.07, 6.45) is 3.65. The number of nitrogens with zero attached hydrogens (tertiary/aromatic N) is 1. The van der Waals surface area contributed by atoms with E-state index in [4.69, 9.17) is 14.2 Å². The van der Waals surface area contributed by atoms with Gasteiger partial charge in [-0.1, -0.05) is 18.9 Å². The Balaban J connectivity index is 1.68. The molecule has 1 N–H and O–H groups in total. The lowest BCUT2D eigenvalue weighted by Gasteiger charge is -2.28. The highest BCUT2D eigenvalue weighted by Gasteiger charge is 2.34. The number of hydrogen-bond acceptors (Lipinski definition) is 6. The summed E-state index contributed by atoms with van der Waals surface area (Å²) in [5.41, 5.74) is 1.26. The molecule has 2 aromatic carbocycles. The number of sulfonamides is 1. The molecular formula is C22H26N2O6S. The third-order valence-electron chi connectivity index (χ3n) is 5.60. The highest BCUT2D eigenvalue weighted by molar-refractivity contribution is 7.89. The second kappa shape index (κ2) is 8.76. The van der Waals surface area contributed by atoms with Crippen molar-refractivity contribution in [2.75, 3.05) is 19.2 Å². The van der Waals surface area contributed by atoms with Gasteiger partial charge in [0.2, 0.25) is 22.7 Å². The lowest BCUT2D eigenvalue weighted by molar-refractivity contribution is -0.114. The Morgan fingerprint density at radius 2 is 1.87 bits per heavy atom. The number of hydrogen-bond donors (Lipinski definition) is 1. The summed E-state index contributed by atoms with van der Waals surface area (Å²) in [4.78, 5) is 11.5. The van der Waals surface area contributed by atoms with Crippen LogP contribution in [0.5, 0.6) is 17.2 Å². The molecule has 1 heterocycles. The number of anilines is 1. The Labute approximate surface area is 182 Å². The number of carbonyl (C=O) groups excluding carboxylic acids is 1. The van der Waals surface area contributed by atoms with E-state index >= 15 is 0 Å². The van der Waals surface area contributed by atoms with Crippen molar-refractivity contribution in [3.63, 3.8) is 0 Å². The summed E-state index contributed by atoms with van der Waals surface area (Å²) in [5, 5.41) is 2.65. The van der Waals surface area contributed by atoms with Gasteiger partial charge in [-0.25, -0.2) is 8.42 Å². The molecule has 1 aliphatic heterocycles. The molecule has 1 saturated carbocycles. The SMILES string of the molecule is COc1cc(S(=O)(=O)N(Cc2ccc3c(c2)OCO3)C2CCCC2)ccc1NC(C)=O. The summed E-state index contributed by atoms with van der Waals surface area (Å²) in [6, 6.07) is 9.96. The topological polar surface area (TPSA) is 94.2 Å². The lowest BCUT2D eigenvalue weighted by Crippen LogP contribution is -2.38. The van der Waals surface area contributed by atoms with E-state index < -0.39 is 10.0 Å². The van der Waals surface area contributed by atoms with Crippen LogP contribution in [0, 0.1) is 0 Å². The minimum absolute atomic E-state index is 0.0727. The lowest BCUT2D eigenvalue weighted by atomic mass is 10.1. The number of benzene rings is 2. The standard InChI is InChI=1S/C22H26N2O6S/c1-15(25)23-19-9-8-18(12-21(19)28-2)31(26,27)24(17-5-3-4-6-17)13-16-7-10-20-22(11-16)30-14-29-20/h7-12,17H,3-6,13-14H2,1-2H3,(H,23,25). The fraction of sp³-hybridized carbons (Fsp3) is 0.409. The van der Waals surface area contributed by atoms with Gasteiger partial charge in [-0.2, -0.15) is 4.31 Å². The van der Waals surface area contributed by atoms with Crippen molar-refractivity contribution in [2.45, 2.75) is 50.1 Å². The first-order chi connectivity index (χ1) is 14.9. The number of ether oxygens (including phenoxy) is 3. The van der Waals surface area contributed by atoms with E-state index in [-0.39, 0.29) is 30.2 Å². The fourth-order valence-corrected chi connectivity index (χ4v) is 5.77.